The maximum Gasteiger partial charge on any atom is 0.229 e. The van der Waals surface area contributed by atoms with Gasteiger partial charge in [0.1, 0.15) is 5.82 Å². The molecule has 22 heavy (non-hydrogen) atoms. The molecule has 0 aliphatic carbocycles. The minimum atomic E-state index is 0.321. The largest absolute Gasteiger partial charge is 0.368 e. The van der Waals surface area contributed by atoms with Gasteiger partial charge in [0.15, 0.2) is 0 Å². The Morgan fingerprint density at radius 2 is 1.86 bits per heavy atom. The number of para-hydroxylation sites is 1. The SMILES string of the molecule is Cc1cc(NC(C)C)nc(Nc2cccc3cccnc23)n1. The van der Waals surface area contributed by atoms with Crippen LogP contribution in [0.3, 0.4) is 0 Å². The predicted octanol–water partition coefficient (Wildman–Crippen LogP) is 3.90. The lowest BCUT2D eigenvalue weighted by atomic mass is 10.2. The van der Waals surface area contributed by atoms with E-state index in [1.54, 1.807) is 6.20 Å². The number of nitrogens with one attached hydrogen (secondary N) is 2. The second kappa shape index (κ2) is 5.97. The first-order chi connectivity index (χ1) is 10.6. The zero-order valence-corrected chi connectivity index (χ0v) is 13.0. The average molecular weight is 293 g/mol. The van der Waals surface area contributed by atoms with E-state index >= 15 is 0 Å². The molecule has 0 aliphatic heterocycles. The third-order valence-corrected chi connectivity index (χ3v) is 3.17. The highest BCUT2D eigenvalue weighted by Gasteiger charge is 2.06. The molecular weight excluding hydrogens is 274 g/mol. The van der Waals surface area contributed by atoms with Crippen molar-refractivity contribution in [2.24, 2.45) is 0 Å². The summed E-state index contributed by atoms with van der Waals surface area (Å²) in [6, 6.07) is 12.2. The maximum absolute atomic E-state index is 4.51. The number of anilines is 3. The van der Waals surface area contributed by atoms with E-state index in [9.17, 15) is 0 Å². The Kier molecular flexibility index (Phi) is 3.87. The van der Waals surface area contributed by atoms with Gasteiger partial charge in [0, 0.05) is 29.4 Å². The highest BCUT2D eigenvalue weighted by Crippen LogP contribution is 2.23. The molecular formula is C17H19N5. The molecule has 0 saturated heterocycles. The van der Waals surface area contributed by atoms with Crippen molar-refractivity contribution in [3.8, 4) is 0 Å². The molecule has 5 nitrogen and oxygen atoms in total. The molecule has 2 aromatic heterocycles. The summed E-state index contributed by atoms with van der Waals surface area (Å²) in [5.74, 6) is 1.39. The van der Waals surface area contributed by atoms with Crippen molar-refractivity contribution in [1.82, 2.24) is 15.0 Å². The smallest absolute Gasteiger partial charge is 0.229 e. The third kappa shape index (κ3) is 3.14. The highest BCUT2D eigenvalue weighted by atomic mass is 15.1. The monoisotopic (exact) mass is 293 g/mol. The molecule has 3 rings (SSSR count). The lowest BCUT2D eigenvalue weighted by Gasteiger charge is -2.12. The van der Waals surface area contributed by atoms with Crippen LogP contribution >= 0.6 is 0 Å². The molecule has 0 bridgehead atoms. The normalized spacial score (nSPS) is 10.9. The van der Waals surface area contributed by atoms with E-state index in [0.29, 0.717) is 12.0 Å². The molecule has 2 N–H and O–H groups in total. The van der Waals surface area contributed by atoms with Crippen LogP contribution in [0.1, 0.15) is 19.5 Å². The van der Waals surface area contributed by atoms with Gasteiger partial charge in [0.25, 0.3) is 0 Å². The molecule has 0 fully saturated rings. The standard InChI is InChI=1S/C17H19N5/c1-11(2)19-15-10-12(3)20-17(22-15)21-14-8-4-6-13-7-5-9-18-16(13)14/h4-11H,1-3H3,(H2,19,20,21,22). The van der Waals surface area contributed by atoms with Gasteiger partial charge in [-0.25, -0.2) is 4.98 Å². The molecule has 5 heteroatoms. The van der Waals surface area contributed by atoms with Crippen LogP contribution in [0.4, 0.5) is 17.5 Å². The Morgan fingerprint density at radius 1 is 1.05 bits per heavy atom. The van der Waals surface area contributed by atoms with Crippen molar-refractivity contribution >= 4 is 28.4 Å². The molecule has 0 aliphatic rings. The van der Waals surface area contributed by atoms with E-state index < -0.39 is 0 Å². The first-order valence-corrected chi connectivity index (χ1v) is 7.35. The summed E-state index contributed by atoms with van der Waals surface area (Å²) in [5, 5.41) is 7.66. The van der Waals surface area contributed by atoms with E-state index in [-0.39, 0.29) is 0 Å². The second-order valence-electron chi connectivity index (χ2n) is 5.52. The van der Waals surface area contributed by atoms with E-state index in [1.165, 1.54) is 0 Å². The summed E-state index contributed by atoms with van der Waals surface area (Å²) >= 11 is 0. The zero-order chi connectivity index (χ0) is 15.5. The zero-order valence-electron chi connectivity index (χ0n) is 13.0. The fourth-order valence-electron chi connectivity index (χ4n) is 2.32. The summed E-state index contributed by atoms with van der Waals surface area (Å²) < 4.78 is 0. The van der Waals surface area contributed by atoms with Crippen LogP contribution in [0.25, 0.3) is 10.9 Å². The summed E-state index contributed by atoms with van der Waals surface area (Å²) in [6.45, 7) is 6.12. The third-order valence-electron chi connectivity index (χ3n) is 3.17. The predicted molar refractivity (Wildman–Crippen MR) is 90.6 cm³/mol. The topological polar surface area (TPSA) is 62.7 Å². The van der Waals surface area contributed by atoms with Crippen LogP contribution in [0.5, 0.6) is 0 Å². The van der Waals surface area contributed by atoms with Gasteiger partial charge in [-0.15, -0.1) is 0 Å². The molecule has 1 aromatic carbocycles. The van der Waals surface area contributed by atoms with Gasteiger partial charge in [-0.1, -0.05) is 18.2 Å². The van der Waals surface area contributed by atoms with E-state index in [0.717, 1.165) is 28.1 Å². The molecule has 3 aromatic rings. The number of aromatic nitrogens is 3. The van der Waals surface area contributed by atoms with Crippen molar-refractivity contribution in [3.63, 3.8) is 0 Å². The Morgan fingerprint density at radius 3 is 2.68 bits per heavy atom. The number of rotatable bonds is 4. The van der Waals surface area contributed by atoms with Crippen LogP contribution < -0.4 is 10.6 Å². The summed E-state index contributed by atoms with van der Waals surface area (Å²) in [4.78, 5) is 13.4. The van der Waals surface area contributed by atoms with Crippen LogP contribution in [0.2, 0.25) is 0 Å². The Bertz CT molecular complexity index is 793. The minimum Gasteiger partial charge on any atom is -0.368 e. The molecule has 112 valence electrons. The molecule has 0 unspecified atom stereocenters. The minimum absolute atomic E-state index is 0.321. The van der Waals surface area contributed by atoms with Crippen molar-refractivity contribution in [1.29, 1.82) is 0 Å². The summed E-state index contributed by atoms with van der Waals surface area (Å²) in [6.07, 6.45) is 1.79. The number of pyridine rings is 1. The van der Waals surface area contributed by atoms with Crippen LogP contribution in [-0.2, 0) is 0 Å². The first-order valence-electron chi connectivity index (χ1n) is 7.35. The summed E-state index contributed by atoms with van der Waals surface area (Å²) in [7, 11) is 0. The quantitative estimate of drug-likeness (QED) is 0.764. The fraction of sp³-hybridized carbons (Fsp3) is 0.235. The lowest BCUT2D eigenvalue weighted by molar-refractivity contribution is 0.885. The Hall–Kier alpha value is -2.69. The van der Waals surface area contributed by atoms with Gasteiger partial charge in [-0.3, -0.25) is 4.98 Å². The van der Waals surface area contributed by atoms with Crippen molar-refractivity contribution in [2.75, 3.05) is 10.6 Å². The van der Waals surface area contributed by atoms with Crippen LogP contribution in [0, 0.1) is 6.92 Å². The van der Waals surface area contributed by atoms with E-state index in [1.807, 2.05) is 43.3 Å². The number of hydrogen-bond donors (Lipinski definition) is 2. The van der Waals surface area contributed by atoms with E-state index in [4.69, 9.17) is 0 Å². The molecule has 0 amide bonds. The lowest BCUT2D eigenvalue weighted by Crippen LogP contribution is -2.12. The number of fused-ring (bicyclic) bond motifs is 1. The van der Waals surface area contributed by atoms with Gasteiger partial charge in [0.05, 0.1) is 11.2 Å². The number of nitrogens with zero attached hydrogens (tertiary/aromatic N) is 3. The number of aryl methyl sites for hydroxylation is 1. The van der Waals surface area contributed by atoms with Crippen molar-refractivity contribution in [3.05, 3.63) is 48.3 Å². The fourth-order valence-corrected chi connectivity index (χ4v) is 2.32. The van der Waals surface area contributed by atoms with Gasteiger partial charge in [-0.05, 0) is 32.9 Å². The molecule has 0 atom stereocenters. The average Bonchev–Trinajstić information content (AvgIpc) is 2.46. The van der Waals surface area contributed by atoms with Crippen molar-refractivity contribution < 1.29 is 0 Å². The second-order valence-corrected chi connectivity index (χ2v) is 5.52. The number of hydrogen-bond acceptors (Lipinski definition) is 5. The van der Waals surface area contributed by atoms with Gasteiger partial charge in [-0.2, -0.15) is 4.98 Å². The van der Waals surface area contributed by atoms with Gasteiger partial charge < -0.3 is 10.6 Å². The molecule has 0 spiro atoms. The molecule has 0 radical (unpaired) electrons. The van der Waals surface area contributed by atoms with Gasteiger partial charge >= 0.3 is 0 Å². The number of benzene rings is 1. The van der Waals surface area contributed by atoms with E-state index in [2.05, 4.69) is 39.4 Å². The Balaban J connectivity index is 1.96. The molecule has 0 saturated carbocycles. The summed E-state index contributed by atoms with van der Waals surface area (Å²) in [5.41, 5.74) is 2.72. The van der Waals surface area contributed by atoms with Crippen LogP contribution in [0.15, 0.2) is 42.6 Å². The van der Waals surface area contributed by atoms with Gasteiger partial charge in [0.2, 0.25) is 5.95 Å². The Labute approximate surface area is 129 Å². The molecule has 2 heterocycles. The van der Waals surface area contributed by atoms with Crippen LogP contribution in [-0.4, -0.2) is 21.0 Å². The van der Waals surface area contributed by atoms with Crippen molar-refractivity contribution in [2.45, 2.75) is 26.8 Å². The highest BCUT2D eigenvalue weighted by molar-refractivity contribution is 5.91. The first kappa shape index (κ1) is 14.3. The maximum atomic E-state index is 4.51.